The van der Waals surface area contributed by atoms with Crippen molar-refractivity contribution in [2.45, 2.75) is 37.6 Å². The highest BCUT2D eigenvalue weighted by Gasteiger charge is 2.36. The molecule has 2 N–H and O–H groups in total. The van der Waals surface area contributed by atoms with Crippen LogP contribution in [0.3, 0.4) is 0 Å². The van der Waals surface area contributed by atoms with Gasteiger partial charge >= 0.3 is 0 Å². The largest absolute Gasteiger partial charge is 0.319 e. The zero-order valence-electron chi connectivity index (χ0n) is 9.51. The molecule has 0 amide bonds. The molecule has 0 heterocycles. The van der Waals surface area contributed by atoms with Crippen LogP contribution in [0.25, 0.3) is 0 Å². The van der Waals surface area contributed by atoms with E-state index in [1.54, 1.807) is 6.07 Å². The third-order valence-electron chi connectivity index (χ3n) is 3.40. The molecule has 0 bridgehead atoms. The van der Waals surface area contributed by atoms with Crippen LogP contribution in [0.15, 0.2) is 18.2 Å². The Kier molecular flexibility index (Phi) is 3.50. The lowest BCUT2D eigenvalue weighted by Crippen LogP contribution is -2.46. The third-order valence-corrected chi connectivity index (χ3v) is 3.69. The quantitative estimate of drug-likeness (QED) is 0.903. The minimum Gasteiger partial charge on any atom is -0.319 e. The fraction of sp³-hybridized carbons (Fsp3) is 0.462. The number of halogens is 2. The number of rotatable bonds is 3. The van der Waals surface area contributed by atoms with E-state index in [4.69, 9.17) is 17.3 Å². The fourth-order valence-electron chi connectivity index (χ4n) is 2.30. The Morgan fingerprint density at radius 1 is 1.41 bits per heavy atom. The number of carbonyl (C=O) groups excluding carboxylic acids is 1. The van der Waals surface area contributed by atoms with Crippen LogP contribution in [0.4, 0.5) is 4.39 Å². The molecule has 17 heavy (non-hydrogen) atoms. The number of hydrogen-bond donors (Lipinski definition) is 1. The SMILES string of the molecule is NC1(C(=O)Cc2ccc(F)c(Cl)c2)CCCC1. The zero-order chi connectivity index (χ0) is 12.5. The lowest BCUT2D eigenvalue weighted by Gasteiger charge is -2.21. The smallest absolute Gasteiger partial charge is 0.156 e. The Morgan fingerprint density at radius 3 is 2.65 bits per heavy atom. The summed E-state index contributed by atoms with van der Waals surface area (Å²) in [5, 5.41) is 0.0489. The molecule has 1 aromatic rings. The Labute approximate surface area is 105 Å². The lowest BCUT2D eigenvalue weighted by atomic mass is 9.89. The van der Waals surface area contributed by atoms with Gasteiger partial charge in [0.2, 0.25) is 0 Å². The first kappa shape index (κ1) is 12.5. The summed E-state index contributed by atoms with van der Waals surface area (Å²) in [4.78, 5) is 12.1. The first-order valence-electron chi connectivity index (χ1n) is 5.77. The van der Waals surface area contributed by atoms with E-state index in [0.29, 0.717) is 0 Å². The Balaban J connectivity index is 2.10. The van der Waals surface area contributed by atoms with E-state index >= 15 is 0 Å². The standard InChI is InChI=1S/C13H15ClFNO/c14-10-7-9(3-4-11(10)15)8-12(17)13(16)5-1-2-6-13/h3-4,7H,1-2,5-6,8,16H2. The third kappa shape index (κ3) is 2.67. The van der Waals surface area contributed by atoms with Crippen molar-refractivity contribution in [2.75, 3.05) is 0 Å². The van der Waals surface area contributed by atoms with Gasteiger partial charge in [0, 0.05) is 6.42 Å². The molecule has 2 rings (SSSR count). The monoisotopic (exact) mass is 255 g/mol. The average Bonchev–Trinajstić information content (AvgIpc) is 2.72. The summed E-state index contributed by atoms with van der Waals surface area (Å²) < 4.78 is 13.0. The van der Waals surface area contributed by atoms with Crippen molar-refractivity contribution >= 4 is 17.4 Å². The van der Waals surface area contributed by atoms with E-state index in [2.05, 4.69) is 0 Å². The van der Waals surface area contributed by atoms with Gasteiger partial charge in [-0.3, -0.25) is 4.79 Å². The second-order valence-electron chi connectivity index (χ2n) is 4.71. The summed E-state index contributed by atoms with van der Waals surface area (Å²) in [6.45, 7) is 0. The van der Waals surface area contributed by atoms with E-state index in [1.165, 1.54) is 12.1 Å². The summed E-state index contributed by atoms with van der Waals surface area (Å²) in [6, 6.07) is 4.35. The van der Waals surface area contributed by atoms with E-state index in [9.17, 15) is 9.18 Å². The van der Waals surface area contributed by atoms with Crippen LogP contribution < -0.4 is 5.73 Å². The summed E-state index contributed by atoms with van der Waals surface area (Å²) in [7, 11) is 0. The van der Waals surface area contributed by atoms with Gasteiger partial charge in [-0.15, -0.1) is 0 Å². The van der Waals surface area contributed by atoms with Crippen molar-refractivity contribution in [3.8, 4) is 0 Å². The van der Waals surface area contributed by atoms with E-state index < -0.39 is 11.4 Å². The minimum atomic E-state index is -0.680. The Hall–Kier alpha value is -0.930. The lowest BCUT2D eigenvalue weighted by molar-refractivity contribution is -0.123. The van der Waals surface area contributed by atoms with Gasteiger partial charge in [0.05, 0.1) is 10.6 Å². The van der Waals surface area contributed by atoms with Gasteiger partial charge in [-0.2, -0.15) is 0 Å². The first-order chi connectivity index (χ1) is 8.01. The van der Waals surface area contributed by atoms with E-state index in [0.717, 1.165) is 31.2 Å². The number of carbonyl (C=O) groups is 1. The topological polar surface area (TPSA) is 43.1 Å². The maximum absolute atomic E-state index is 13.0. The second-order valence-corrected chi connectivity index (χ2v) is 5.12. The molecule has 2 nitrogen and oxygen atoms in total. The number of nitrogens with two attached hydrogens (primary N) is 1. The molecule has 0 saturated heterocycles. The molecule has 0 atom stereocenters. The van der Waals surface area contributed by atoms with Crippen molar-refractivity contribution in [1.82, 2.24) is 0 Å². The van der Waals surface area contributed by atoms with E-state index in [1.807, 2.05) is 0 Å². The van der Waals surface area contributed by atoms with Crippen LogP contribution in [-0.2, 0) is 11.2 Å². The summed E-state index contributed by atoms with van der Waals surface area (Å²) in [6.07, 6.45) is 3.75. The molecule has 1 saturated carbocycles. The molecule has 0 spiro atoms. The predicted octanol–water partition coefficient (Wildman–Crippen LogP) is 2.86. The predicted molar refractivity (Wildman–Crippen MR) is 65.5 cm³/mol. The van der Waals surface area contributed by atoms with Gasteiger partial charge in [0.25, 0.3) is 0 Å². The molecular weight excluding hydrogens is 241 g/mol. The van der Waals surface area contributed by atoms with Gasteiger partial charge in [-0.1, -0.05) is 30.5 Å². The molecule has 0 aliphatic heterocycles. The highest BCUT2D eigenvalue weighted by Crippen LogP contribution is 2.29. The van der Waals surface area contributed by atoms with Crippen molar-refractivity contribution in [3.63, 3.8) is 0 Å². The van der Waals surface area contributed by atoms with Crippen molar-refractivity contribution < 1.29 is 9.18 Å². The zero-order valence-corrected chi connectivity index (χ0v) is 10.3. The fourth-order valence-corrected chi connectivity index (χ4v) is 2.50. The van der Waals surface area contributed by atoms with Crippen molar-refractivity contribution in [2.24, 2.45) is 5.73 Å². The van der Waals surface area contributed by atoms with Gasteiger partial charge in [0.15, 0.2) is 5.78 Å². The normalized spacial score (nSPS) is 18.3. The molecule has 1 aromatic carbocycles. The molecule has 1 aliphatic rings. The number of benzene rings is 1. The second kappa shape index (κ2) is 4.75. The number of Topliss-reactive ketones (excluding diaryl/α,β-unsaturated/α-hetero) is 1. The van der Waals surface area contributed by atoms with Crippen molar-refractivity contribution in [1.29, 1.82) is 0 Å². The summed E-state index contributed by atoms with van der Waals surface area (Å²) >= 11 is 5.67. The van der Waals surface area contributed by atoms with Gasteiger partial charge < -0.3 is 5.73 Å². The molecule has 1 fully saturated rings. The highest BCUT2D eigenvalue weighted by molar-refractivity contribution is 6.30. The molecular formula is C13H15ClFNO. The van der Waals surface area contributed by atoms with Crippen LogP contribution in [0, 0.1) is 5.82 Å². The maximum Gasteiger partial charge on any atom is 0.156 e. The molecule has 1 aliphatic carbocycles. The average molecular weight is 256 g/mol. The number of hydrogen-bond acceptors (Lipinski definition) is 2. The van der Waals surface area contributed by atoms with Gasteiger partial charge in [-0.25, -0.2) is 4.39 Å². The van der Waals surface area contributed by atoms with Crippen LogP contribution in [0.1, 0.15) is 31.2 Å². The van der Waals surface area contributed by atoms with Crippen molar-refractivity contribution in [3.05, 3.63) is 34.6 Å². The molecule has 92 valence electrons. The molecule has 0 unspecified atom stereocenters. The van der Waals surface area contributed by atoms with Crippen LogP contribution in [0.2, 0.25) is 5.02 Å². The van der Waals surface area contributed by atoms with Crippen LogP contribution in [-0.4, -0.2) is 11.3 Å². The van der Waals surface area contributed by atoms with Crippen LogP contribution in [0.5, 0.6) is 0 Å². The summed E-state index contributed by atoms with van der Waals surface area (Å²) in [5.74, 6) is -0.441. The minimum absolute atomic E-state index is 0.0256. The van der Waals surface area contributed by atoms with E-state index in [-0.39, 0.29) is 17.2 Å². The molecule has 0 aromatic heterocycles. The van der Waals surface area contributed by atoms with Gasteiger partial charge in [-0.05, 0) is 30.5 Å². The first-order valence-corrected chi connectivity index (χ1v) is 6.15. The van der Waals surface area contributed by atoms with Crippen LogP contribution >= 0.6 is 11.6 Å². The molecule has 0 radical (unpaired) electrons. The number of ketones is 1. The summed E-state index contributed by atoms with van der Waals surface area (Å²) in [5.41, 5.74) is 6.10. The van der Waals surface area contributed by atoms with Gasteiger partial charge in [0.1, 0.15) is 5.82 Å². The Morgan fingerprint density at radius 2 is 2.06 bits per heavy atom. The Bertz CT molecular complexity index is 441. The highest BCUT2D eigenvalue weighted by atomic mass is 35.5. The molecule has 4 heteroatoms. The maximum atomic E-state index is 13.0.